The summed E-state index contributed by atoms with van der Waals surface area (Å²) in [6, 6.07) is 16.4. The third-order valence-electron chi connectivity index (χ3n) is 6.18. The number of fused-ring (bicyclic) bond motifs is 2. The maximum absolute atomic E-state index is 5.89. The van der Waals surface area contributed by atoms with Gasteiger partial charge in [-0.25, -0.2) is 4.98 Å². The number of rotatable bonds is 7. The van der Waals surface area contributed by atoms with Crippen molar-refractivity contribution < 1.29 is 4.74 Å². The second kappa shape index (κ2) is 9.24. The molecule has 0 unspecified atom stereocenters. The molecule has 1 aromatic carbocycles. The Bertz CT molecular complexity index is 1650. The van der Waals surface area contributed by atoms with Crippen molar-refractivity contribution in [3.8, 4) is 39.4 Å². The summed E-state index contributed by atoms with van der Waals surface area (Å²) >= 11 is 0. The molecule has 0 aliphatic carbocycles. The van der Waals surface area contributed by atoms with E-state index in [0.29, 0.717) is 6.61 Å². The van der Waals surface area contributed by atoms with Crippen molar-refractivity contribution in [1.29, 1.82) is 0 Å². The fourth-order valence-electron chi connectivity index (χ4n) is 4.33. The van der Waals surface area contributed by atoms with E-state index in [1.165, 1.54) is 0 Å². The van der Waals surface area contributed by atoms with E-state index >= 15 is 0 Å². The van der Waals surface area contributed by atoms with Crippen LogP contribution in [-0.2, 0) is 0 Å². The summed E-state index contributed by atoms with van der Waals surface area (Å²) in [5, 5.41) is 9.83. The summed E-state index contributed by atoms with van der Waals surface area (Å²) in [6.45, 7) is 1.45. The number of nitrogens with one attached hydrogen (secondary N) is 2. The number of ether oxygens (including phenoxy) is 1. The number of nitrogens with zero attached hydrogens (tertiary/aromatic N) is 5. The lowest BCUT2D eigenvalue weighted by atomic mass is 10.0. The highest BCUT2D eigenvalue weighted by Crippen LogP contribution is 2.34. The molecular weight excluding hydrogens is 450 g/mol. The Labute approximate surface area is 208 Å². The number of H-pyrrole nitrogens is 2. The zero-order valence-electron chi connectivity index (χ0n) is 20.1. The largest absolute Gasteiger partial charge is 0.491 e. The van der Waals surface area contributed by atoms with E-state index in [1.54, 1.807) is 12.4 Å². The first kappa shape index (κ1) is 21.9. The Hall–Kier alpha value is -4.56. The van der Waals surface area contributed by atoms with E-state index < -0.39 is 0 Å². The Kier molecular flexibility index (Phi) is 5.63. The molecule has 6 rings (SSSR count). The molecule has 6 aromatic rings. The number of benzene rings is 1. The quantitative estimate of drug-likeness (QED) is 0.331. The fourth-order valence-corrected chi connectivity index (χ4v) is 4.33. The van der Waals surface area contributed by atoms with E-state index in [4.69, 9.17) is 4.74 Å². The van der Waals surface area contributed by atoms with E-state index in [0.717, 1.165) is 67.9 Å². The van der Waals surface area contributed by atoms with Crippen LogP contribution < -0.4 is 4.74 Å². The molecule has 0 spiro atoms. The van der Waals surface area contributed by atoms with E-state index in [1.807, 2.05) is 57.0 Å². The van der Waals surface area contributed by atoms with Crippen molar-refractivity contribution in [2.24, 2.45) is 0 Å². The molecule has 5 aromatic heterocycles. The first-order valence-electron chi connectivity index (χ1n) is 11.8. The van der Waals surface area contributed by atoms with Crippen LogP contribution in [0.3, 0.4) is 0 Å². The molecular formula is C28H25N7O. The van der Waals surface area contributed by atoms with Crippen LogP contribution in [0.25, 0.3) is 55.6 Å². The van der Waals surface area contributed by atoms with Gasteiger partial charge in [0.2, 0.25) is 0 Å². The smallest absolute Gasteiger partial charge is 0.138 e. The lowest BCUT2D eigenvalue weighted by Crippen LogP contribution is -2.19. The van der Waals surface area contributed by atoms with Gasteiger partial charge in [-0.05, 0) is 61.6 Å². The van der Waals surface area contributed by atoms with Crippen LogP contribution in [0, 0.1) is 0 Å². The monoisotopic (exact) mass is 475 g/mol. The third kappa shape index (κ3) is 4.18. The molecule has 0 fully saturated rings. The number of hydrogen-bond acceptors (Lipinski definition) is 6. The minimum absolute atomic E-state index is 0.610. The molecule has 0 atom stereocenters. The Balaban J connectivity index is 1.38. The predicted octanol–water partition coefficient (Wildman–Crippen LogP) is 5.17. The summed E-state index contributed by atoms with van der Waals surface area (Å²) in [5.74, 6) is 0.756. The zero-order valence-corrected chi connectivity index (χ0v) is 20.1. The van der Waals surface area contributed by atoms with Gasteiger partial charge in [0.05, 0.1) is 17.4 Å². The Morgan fingerprint density at radius 1 is 0.861 bits per heavy atom. The molecule has 5 heterocycles. The van der Waals surface area contributed by atoms with E-state index in [2.05, 4.69) is 59.3 Å². The zero-order chi connectivity index (χ0) is 24.5. The SMILES string of the molecule is CN(C)CCOc1cncc(-c2ccc3[nH]nc(-c4cc5c(-c6cccnc6)ccnc5[nH]4)c3c2)c1. The number of pyridine rings is 3. The fraction of sp³-hybridized carbons (Fsp3) is 0.143. The van der Waals surface area contributed by atoms with Gasteiger partial charge in [-0.3, -0.25) is 15.1 Å². The maximum atomic E-state index is 5.89. The van der Waals surface area contributed by atoms with Gasteiger partial charge in [-0.2, -0.15) is 5.10 Å². The predicted molar refractivity (Wildman–Crippen MR) is 142 cm³/mol. The highest BCUT2D eigenvalue weighted by molar-refractivity contribution is 6.00. The summed E-state index contributed by atoms with van der Waals surface area (Å²) in [4.78, 5) is 18.8. The van der Waals surface area contributed by atoms with Crippen molar-refractivity contribution in [2.75, 3.05) is 27.2 Å². The van der Waals surface area contributed by atoms with Gasteiger partial charge in [0.1, 0.15) is 23.7 Å². The minimum Gasteiger partial charge on any atom is -0.491 e. The number of likely N-dealkylation sites (N-methyl/N-ethyl adjacent to an activating group) is 1. The maximum Gasteiger partial charge on any atom is 0.138 e. The Morgan fingerprint density at radius 2 is 1.78 bits per heavy atom. The molecule has 0 saturated heterocycles. The van der Waals surface area contributed by atoms with Gasteiger partial charge in [-0.15, -0.1) is 0 Å². The topological polar surface area (TPSA) is 95.6 Å². The normalized spacial score (nSPS) is 11.5. The van der Waals surface area contributed by atoms with Crippen molar-refractivity contribution in [2.45, 2.75) is 0 Å². The molecule has 0 aliphatic heterocycles. The van der Waals surface area contributed by atoms with Gasteiger partial charge < -0.3 is 14.6 Å². The average molecular weight is 476 g/mol. The third-order valence-corrected chi connectivity index (χ3v) is 6.18. The van der Waals surface area contributed by atoms with Gasteiger partial charge in [0, 0.05) is 53.2 Å². The van der Waals surface area contributed by atoms with Crippen LogP contribution in [0.15, 0.2) is 79.5 Å². The minimum atomic E-state index is 0.610. The first-order chi connectivity index (χ1) is 17.7. The standard InChI is InChI=1S/C28H25N7O/c1-35(2)10-11-36-21-12-20(16-30-17-21)18-5-6-25-24(13-18)27(34-33-25)26-14-23-22(7-9-31-28(23)32-26)19-4-3-8-29-15-19/h3-9,12-17H,10-11H2,1-2H3,(H,31,32)(H,33,34). The number of hydrogen-bond donors (Lipinski definition) is 2. The van der Waals surface area contributed by atoms with Crippen LogP contribution in [0.5, 0.6) is 5.75 Å². The Morgan fingerprint density at radius 3 is 2.64 bits per heavy atom. The molecule has 0 aliphatic rings. The summed E-state index contributed by atoms with van der Waals surface area (Å²) in [5.41, 5.74) is 7.66. The number of aromatic nitrogens is 6. The summed E-state index contributed by atoms with van der Waals surface area (Å²) < 4.78 is 5.89. The average Bonchev–Trinajstić information content (AvgIpc) is 3.53. The van der Waals surface area contributed by atoms with Crippen LogP contribution >= 0.6 is 0 Å². The molecule has 2 N–H and O–H groups in total. The van der Waals surface area contributed by atoms with Gasteiger partial charge in [-0.1, -0.05) is 12.1 Å². The molecule has 36 heavy (non-hydrogen) atoms. The van der Waals surface area contributed by atoms with E-state index in [-0.39, 0.29) is 0 Å². The van der Waals surface area contributed by atoms with Crippen LogP contribution in [0.4, 0.5) is 0 Å². The van der Waals surface area contributed by atoms with Crippen LogP contribution in [0.1, 0.15) is 0 Å². The van der Waals surface area contributed by atoms with E-state index in [9.17, 15) is 0 Å². The number of aromatic amines is 2. The molecule has 0 saturated carbocycles. The first-order valence-corrected chi connectivity index (χ1v) is 11.8. The van der Waals surface area contributed by atoms with Gasteiger partial charge >= 0.3 is 0 Å². The lowest BCUT2D eigenvalue weighted by molar-refractivity contribution is 0.261. The molecule has 0 amide bonds. The second-order valence-corrected chi connectivity index (χ2v) is 8.94. The highest BCUT2D eigenvalue weighted by Gasteiger charge is 2.15. The molecule has 8 nitrogen and oxygen atoms in total. The molecule has 0 bridgehead atoms. The van der Waals surface area contributed by atoms with Crippen LogP contribution in [0.2, 0.25) is 0 Å². The van der Waals surface area contributed by atoms with Crippen molar-refractivity contribution in [3.63, 3.8) is 0 Å². The lowest BCUT2D eigenvalue weighted by Gasteiger charge is -2.11. The van der Waals surface area contributed by atoms with Crippen molar-refractivity contribution >= 4 is 21.9 Å². The van der Waals surface area contributed by atoms with Crippen molar-refractivity contribution in [3.05, 3.63) is 79.5 Å². The highest BCUT2D eigenvalue weighted by atomic mass is 16.5. The van der Waals surface area contributed by atoms with Gasteiger partial charge in [0.15, 0.2) is 0 Å². The molecule has 8 heteroatoms. The summed E-state index contributed by atoms with van der Waals surface area (Å²) in [7, 11) is 4.05. The van der Waals surface area contributed by atoms with Crippen molar-refractivity contribution in [1.82, 2.24) is 35.0 Å². The van der Waals surface area contributed by atoms with Crippen LogP contribution in [-0.4, -0.2) is 62.3 Å². The molecule has 178 valence electrons. The van der Waals surface area contributed by atoms with Gasteiger partial charge in [0.25, 0.3) is 0 Å². The second-order valence-electron chi connectivity index (χ2n) is 8.94. The molecule has 0 radical (unpaired) electrons. The summed E-state index contributed by atoms with van der Waals surface area (Å²) in [6.07, 6.45) is 9.06.